The summed E-state index contributed by atoms with van der Waals surface area (Å²) < 4.78 is 5.80. The van der Waals surface area contributed by atoms with E-state index in [0.29, 0.717) is 5.92 Å². The third kappa shape index (κ3) is 2.65. The van der Waals surface area contributed by atoms with Gasteiger partial charge in [0, 0.05) is 33.8 Å². The summed E-state index contributed by atoms with van der Waals surface area (Å²) in [5.41, 5.74) is 6.01. The largest absolute Gasteiger partial charge is 0.496 e. The fraction of sp³-hybridized carbons (Fsp3) is 0.360. The molecule has 154 valence electrons. The van der Waals surface area contributed by atoms with E-state index in [-0.39, 0.29) is 11.2 Å². The van der Waals surface area contributed by atoms with Crippen LogP contribution < -0.4 is 10.1 Å². The van der Waals surface area contributed by atoms with Gasteiger partial charge in [-0.15, -0.1) is 0 Å². The lowest BCUT2D eigenvalue weighted by molar-refractivity contribution is 0.103. The van der Waals surface area contributed by atoms with Gasteiger partial charge in [-0.1, -0.05) is 26.0 Å². The Morgan fingerprint density at radius 3 is 2.63 bits per heavy atom. The fourth-order valence-corrected chi connectivity index (χ4v) is 5.21. The minimum atomic E-state index is -0.359. The number of ketones is 1. The van der Waals surface area contributed by atoms with Crippen LogP contribution in [0.25, 0.3) is 10.9 Å². The number of fused-ring (bicyclic) bond motifs is 4. The molecule has 0 saturated carbocycles. The van der Waals surface area contributed by atoms with Crippen molar-refractivity contribution in [1.29, 1.82) is 5.41 Å². The minimum Gasteiger partial charge on any atom is -0.496 e. The molecule has 1 aromatic heterocycles. The van der Waals surface area contributed by atoms with Crippen LogP contribution in [0.1, 0.15) is 70.9 Å². The number of hydrogen-bond donors (Lipinski definition) is 3. The number of carbonyl (C=O) groups excluding carboxylic acids is 1. The number of carbonyl (C=O) groups is 1. The highest BCUT2D eigenvalue weighted by Gasteiger charge is 2.40. The highest BCUT2D eigenvalue weighted by molar-refractivity contribution is 6.20. The second-order valence-electron chi connectivity index (χ2n) is 8.94. The van der Waals surface area contributed by atoms with Gasteiger partial charge in [-0.3, -0.25) is 4.79 Å². The lowest BCUT2D eigenvalue weighted by Crippen LogP contribution is -2.31. The van der Waals surface area contributed by atoms with Gasteiger partial charge in [0.1, 0.15) is 5.75 Å². The number of aromatic nitrogens is 1. The number of hydrogen-bond acceptors (Lipinski definition) is 4. The molecule has 2 heterocycles. The number of rotatable bonds is 3. The van der Waals surface area contributed by atoms with Gasteiger partial charge >= 0.3 is 0 Å². The van der Waals surface area contributed by atoms with Crippen LogP contribution in [0.4, 0.5) is 0 Å². The van der Waals surface area contributed by atoms with Crippen molar-refractivity contribution in [3.8, 4) is 5.75 Å². The molecule has 0 unspecified atom stereocenters. The molecule has 30 heavy (non-hydrogen) atoms. The predicted molar refractivity (Wildman–Crippen MR) is 120 cm³/mol. The summed E-state index contributed by atoms with van der Waals surface area (Å²) in [6, 6.07) is 9.98. The first-order valence-corrected chi connectivity index (χ1v) is 10.6. The van der Waals surface area contributed by atoms with Gasteiger partial charge in [-0.2, -0.15) is 0 Å². The number of methoxy groups -OCH3 is 1. The van der Waals surface area contributed by atoms with Gasteiger partial charge in [-0.25, -0.2) is 0 Å². The molecule has 1 aliphatic heterocycles. The van der Waals surface area contributed by atoms with E-state index in [1.807, 2.05) is 18.2 Å². The molecule has 0 atom stereocenters. The van der Waals surface area contributed by atoms with Gasteiger partial charge in [0.25, 0.3) is 0 Å². The molecule has 1 saturated heterocycles. The Morgan fingerprint density at radius 1 is 1.17 bits per heavy atom. The zero-order valence-corrected chi connectivity index (χ0v) is 17.7. The highest BCUT2D eigenvalue weighted by Crippen LogP contribution is 2.47. The fourth-order valence-electron chi connectivity index (χ4n) is 5.21. The van der Waals surface area contributed by atoms with Crippen molar-refractivity contribution in [2.24, 2.45) is 0 Å². The van der Waals surface area contributed by atoms with Gasteiger partial charge in [0.2, 0.25) is 0 Å². The van der Waals surface area contributed by atoms with E-state index >= 15 is 0 Å². The van der Waals surface area contributed by atoms with Crippen LogP contribution in [0.5, 0.6) is 5.75 Å². The third-order valence-corrected chi connectivity index (χ3v) is 6.91. The molecule has 0 bridgehead atoms. The summed E-state index contributed by atoms with van der Waals surface area (Å²) in [5, 5.41) is 11.9. The number of aromatic amines is 1. The molecule has 3 N–H and O–H groups in total. The second kappa shape index (κ2) is 6.81. The minimum absolute atomic E-state index is 0.0750. The highest BCUT2D eigenvalue weighted by atomic mass is 16.5. The maximum Gasteiger partial charge on any atom is 0.195 e. The van der Waals surface area contributed by atoms with Crippen LogP contribution in [0.3, 0.4) is 0 Å². The van der Waals surface area contributed by atoms with Crippen LogP contribution >= 0.6 is 0 Å². The average molecular weight is 402 g/mol. The van der Waals surface area contributed by atoms with E-state index in [4.69, 9.17) is 10.1 Å². The SMILES string of the molecule is COc1cc2c(cc1C1CCNCC1)C(=O)c1c([nH]c3cc(C=N)ccc13)C2(C)C. The van der Waals surface area contributed by atoms with E-state index in [9.17, 15) is 4.79 Å². The Hall–Kier alpha value is -2.92. The molecule has 0 spiro atoms. The van der Waals surface area contributed by atoms with Crippen LogP contribution in [-0.2, 0) is 5.41 Å². The van der Waals surface area contributed by atoms with Crippen LogP contribution in [0, 0.1) is 5.41 Å². The number of ether oxygens (including phenoxy) is 1. The number of H-pyrrole nitrogens is 1. The van der Waals surface area contributed by atoms with Gasteiger partial charge in [0.05, 0.1) is 12.7 Å². The van der Waals surface area contributed by atoms with Crippen molar-refractivity contribution < 1.29 is 9.53 Å². The van der Waals surface area contributed by atoms with Gasteiger partial charge in [0.15, 0.2) is 5.78 Å². The Bertz CT molecular complexity index is 1180. The lowest BCUT2D eigenvalue weighted by Gasteiger charge is -2.34. The first kappa shape index (κ1) is 19.1. The summed E-state index contributed by atoms with van der Waals surface area (Å²) >= 11 is 0. The molecule has 2 aromatic carbocycles. The number of benzene rings is 2. The monoisotopic (exact) mass is 401 g/mol. The lowest BCUT2D eigenvalue weighted by atomic mass is 9.70. The van der Waals surface area contributed by atoms with Crippen molar-refractivity contribution >= 4 is 22.9 Å². The first-order valence-electron chi connectivity index (χ1n) is 10.6. The maximum atomic E-state index is 13.7. The van der Waals surface area contributed by atoms with E-state index in [1.54, 1.807) is 7.11 Å². The van der Waals surface area contributed by atoms with Crippen molar-refractivity contribution in [2.75, 3.05) is 20.2 Å². The van der Waals surface area contributed by atoms with E-state index < -0.39 is 0 Å². The molecule has 0 amide bonds. The van der Waals surface area contributed by atoms with Crippen LogP contribution in [0.2, 0.25) is 0 Å². The summed E-state index contributed by atoms with van der Waals surface area (Å²) in [7, 11) is 1.72. The normalized spacial score (nSPS) is 18.2. The van der Waals surface area contributed by atoms with Crippen LogP contribution in [0.15, 0.2) is 30.3 Å². The molecular formula is C25H27N3O2. The summed E-state index contributed by atoms with van der Waals surface area (Å²) in [5.74, 6) is 1.36. The number of nitrogens with one attached hydrogen (secondary N) is 3. The third-order valence-electron chi connectivity index (χ3n) is 6.91. The first-order chi connectivity index (χ1) is 14.5. The van der Waals surface area contributed by atoms with Gasteiger partial charge < -0.3 is 20.4 Å². The zero-order valence-electron chi connectivity index (χ0n) is 17.7. The number of piperidine rings is 1. The maximum absolute atomic E-state index is 13.7. The second-order valence-corrected chi connectivity index (χ2v) is 8.94. The Balaban J connectivity index is 1.73. The molecule has 5 nitrogen and oxygen atoms in total. The van der Waals surface area contributed by atoms with Crippen molar-refractivity contribution in [2.45, 2.75) is 38.0 Å². The Labute approximate surface area is 176 Å². The Kier molecular flexibility index (Phi) is 4.33. The summed E-state index contributed by atoms with van der Waals surface area (Å²) in [6.45, 7) is 6.31. The zero-order chi connectivity index (χ0) is 21.0. The van der Waals surface area contributed by atoms with E-state index in [0.717, 1.165) is 76.1 Å². The smallest absolute Gasteiger partial charge is 0.195 e. The molecular weight excluding hydrogens is 374 g/mol. The van der Waals surface area contributed by atoms with E-state index in [2.05, 4.69) is 36.3 Å². The van der Waals surface area contributed by atoms with Crippen LogP contribution in [-0.4, -0.2) is 37.2 Å². The molecule has 1 fully saturated rings. The molecule has 5 rings (SSSR count). The summed E-state index contributed by atoms with van der Waals surface area (Å²) in [6.07, 6.45) is 3.44. The predicted octanol–water partition coefficient (Wildman–Crippen LogP) is 4.51. The van der Waals surface area contributed by atoms with Crippen molar-refractivity contribution in [1.82, 2.24) is 10.3 Å². The van der Waals surface area contributed by atoms with Crippen molar-refractivity contribution in [3.05, 3.63) is 63.8 Å². The molecule has 5 heteroatoms. The topological polar surface area (TPSA) is 78.0 Å². The standard InChI is InChI=1S/C25H27N3O2/c1-25(2)19-12-21(30-3)17(15-6-8-27-9-7-15)11-18(19)23(29)22-16-5-4-14(13-26)10-20(16)28-24(22)25/h4-5,10-13,15,26-28H,6-9H2,1-3H3. The molecule has 2 aliphatic rings. The average Bonchev–Trinajstić information content (AvgIpc) is 3.17. The van der Waals surface area contributed by atoms with Crippen molar-refractivity contribution in [3.63, 3.8) is 0 Å². The van der Waals surface area contributed by atoms with Gasteiger partial charge in [-0.05, 0) is 66.7 Å². The quantitative estimate of drug-likeness (QED) is 0.565. The Morgan fingerprint density at radius 2 is 1.93 bits per heavy atom. The van der Waals surface area contributed by atoms with E-state index in [1.165, 1.54) is 6.21 Å². The summed E-state index contributed by atoms with van der Waals surface area (Å²) in [4.78, 5) is 17.2. The molecule has 0 radical (unpaired) electrons. The molecule has 1 aliphatic carbocycles. The molecule has 3 aromatic rings.